The van der Waals surface area contributed by atoms with E-state index in [-0.39, 0.29) is 6.61 Å². The Balaban J connectivity index is 2.87. The van der Waals surface area contributed by atoms with Crippen molar-refractivity contribution < 1.29 is 5.11 Å². The third kappa shape index (κ3) is 1.18. The molecule has 1 aromatic carbocycles. The van der Waals surface area contributed by atoms with Crippen molar-refractivity contribution in [2.75, 3.05) is 0 Å². The molecule has 4 heteroatoms. The van der Waals surface area contributed by atoms with E-state index in [9.17, 15) is 0 Å². The van der Waals surface area contributed by atoms with Crippen LogP contribution in [0.1, 0.15) is 5.56 Å². The highest BCUT2D eigenvalue weighted by Crippen LogP contribution is 2.23. The molecular weight excluding hydrogens is 190 g/mol. The van der Waals surface area contributed by atoms with E-state index in [4.69, 9.17) is 17.3 Å². The van der Waals surface area contributed by atoms with Crippen molar-refractivity contribution in [1.29, 1.82) is 0 Å². The summed E-state index contributed by atoms with van der Waals surface area (Å²) < 4.78 is 1.82. The number of benzene rings is 1. The zero-order valence-electron chi connectivity index (χ0n) is 6.20. The van der Waals surface area contributed by atoms with E-state index in [1.807, 2.05) is 18.2 Å². The molecule has 1 aromatic heterocycles. The highest BCUT2D eigenvalue weighted by molar-refractivity contribution is 7.73. The summed E-state index contributed by atoms with van der Waals surface area (Å²) in [6, 6.07) is 5.77. The first-order valence-corrected chi connectivity index (χ1v) is 4.75. The standard InChI is InChI=1S/C8H7NOS2/c10-4-5-2-1-3-6-7(5)12-8(11)9-6/h1-3,10H,4H2,(H,9,11). The van der Waals surface area contributed by atoms with Gasteiger partial charge in [-0.2, -0.15) is 0 Å². The van der Waals surface area contributed by atoms with Crippen LogP contribution >= 0.6 is 23.6 Å². The molecule has 0 amide bonds. The van der Waals surface area contributed by atoms with Crippen LogP contribution < -0.4 is 0 Å². The molecule has 0 saturated carbocycles. The molecule has 2 aromatic rings. The molecule has 0 aliphatic rings. The van der Waals surface area contributed by atoms with Gasteiger partial charge in [0.05, 0.1) is 16.8 Å². The smallest absolute Gasteiger partial charge is 0.159 e. The Bertz CT molecular complexity index is 457. The van der Waals surface area contributed by atoms with E-state index in [1.165, 1.54) is 11.3 Å². The highest BCUT2D eigenvalue weighted by atomic mass is 32.1. The molecule has 0 saturated heterocycles. The molecule has 0 radical (unpaired) electrons. The summed E-state index contributed by atoms with van der Waals surface area (Å²) in [4.78, 5) is 3.06. The van der Waals surface area contributed by atoms with E-state index in [0.717, 1.165) is 19.7 Å². The fraction of sp³-hybridized carbons (Fsp3) is 0.125. The average Bonchev–Trinajstić information content (AvgIpc) is 2.44. The molecule has 0 aliphatic carbocycles. The molecule has 1 heterocycles. The maximum atomic E-state index is 9.00. The number of hydrogen-bond donors (Lipinski definition) is 2. The highest BCUT2D eigenvalue weighted by Gasteiger charge is 2.01. The molecular formula is C8H7NOS2. The Morgan fingerprint density at radius 2 is 2.33 bits per heavy atom. The SMILES string of the molecule is OCc1cccc2[nH]c(=S)sc12. The van der Waals surface area contributed by atoms with Crippen LogP contribution in [0.3, 0.4) is 0 Å². The van der Waals surface area contributed by atoms with Crippen molar-refractivity contribution in [3.05, 3.63) is 27.7 Å². The van der Waals surface area contributed by atoms with Gasteiger partial charge < -0.3 is 10.1 Å². The van der Waals surface area contributed by atoms with Crippen LogP contribution in [-0.4, -0.2) is 10.1 Å². The van der Waals surface area contributed by atoms with E-state index in [2.05, 4.69) is 4.98 Å². The largest absolute Gasteiger partial charge is 0.392 e. The van der Waals surface area contributed by atoms with Gasteiger partial charge in [-0.05, 0) is 23.8 Å². The molecule has 0 aliphatic heterocycles. The number of thiazole rings is 1. The minimum atomic E-state index is 0.0699. The molecule has 0 fully saturated rings. The number of aliphatic hydroxyl groups is 1. The number of aromatic nitrogens is 1. The van der Waals surface area contributed by atoms with Crippen molar-refractivity contribution in [2.45, 2.75) is 6.61 Å². The lowest BCUT2D eigenvalue weighted by molar-refractivity contribution is 0.283. The fourth-order valence-corrected chi connectivity index (χ4v) is 2.36. The minimum Gasteiger partial charge on any atom is -0.392 e. The Morgan fingerprint density at radius 1 is 1.50 bits per heavy atom. The molecule has 0 spiro atoms. The number of rotatable bonds is 1. The Labute approximate surface area is 78.5 Å². The Hall–Kier alpha value is -0.710. The summed E-state index contributed by atoms with van der Waals surface area (Å²) in [5.41, 5.74) is 1.95. The molecule has 62 valence electrons. The summed E-state index contributed by atoms with van der Waals surface area (Å²) in [5, 5.41) is 9.00. The zero-order valence-corrected chi connectivity index (χ0v) is 7.84. The first-order valence-electron chi connectivity index (χ1n) is 3.53. The van der Waals surface area contributed by atoms with Gasteiger partial charge in [-0.1, -0.05) is 12.1 Å². The van der Waals surface area contributed by atoms with Gasteiger partial charge in [-0.3, -0.25) is 0 Å². The molecule has 12 heavy (non-hydrogen) atoms. The van der Waals surface area contributed by atoms with Crippen LogP contribution in [0.5, 0.6) is 0 Å². The van der Waals surface area contributed by atoms with Gasteiger partial charge in [0.15, 0.2) is 3.95 Å². The maximum Gasteiger partial charge on any atom is 0.159 e. The number of hydrogen-bond acceptors (Lipinski definition) is 3. The van der Waals surface area contributed by atoms with Gasteiger partial charge in [0.25, 0.3) is 0 Å². The summed E-state index contributed by atoms with van der Waals surface area (Å²) in [6.07, 6.45) is 0. The molecule has 0 unspecified atom stereocenters. The number of aromatic amines is 1. The quantitative estimate of drug-likeness (QED) is 0.689. The van der Waals surface area contributed by atoms with Gasteiger partial charge in [-0.15, -0.1) is 11.3 Å². The van der Waals surface area contributed by atoms with Crippen LogP contribution in [0.25, 0.3) is 10.2 Å². The lowest BCUT2D eigenvalue weighted by Crippen LogP contribution is -1.81. The molecule has 2 rings (SSSR count). The van der Waals surface area contributed by atoms with Crippen LogP contribution in [0.15, 0.2) is 18.2 Å². The van der Waals surface area contributed by atoms with E-state index < -0.39 is 0 Å². The van der Waals surface area contributed by atoms with Gasteiger partial charge >= 0.3 is 0 Å². The summed E-state index contributed by atoms with van der Waals surface area (Å²) in [6.45, 7) is 0.0699. The normalized spacial score (nSPS) is 10.8. The van der Waals surface area contributed by atoms with E-state index in [0.29, 0.717) is 0 Å². The summed E-state index contributed by atoms with van der Waals surface area (Å²) in [7, 11) is 0. The molecule has 0 atom stereocenters. The van der Waals surface area contributed by atoms with E-state index in [1.54, 1.807) is 0 Å². The Morgan fingerprint density at radius 3 is 3.08 bits per heavy atom. The zero-order chi connectivity index (χ0) is 8.55. The van der Waals surface area contributed by atoms with E-state index >= 15 is 0 Å². The number of fused-ring (bicyclic) bond motifs is 1. The fourth-order valence-electron chi connectivity index (χ4n) is 1.16. The van der Waals surface area contributed by atoms with Gasteiger partial charge in [0.1, 0.15) is 0 Å². The van der Waals surface area contributed by atoms with Crippen LogP contribution in [-0.2, 0) is 6.61 Å². The third-order valence-corrected chi connectivity index (χ3v) is 3.02. The summed E-state index contributed by atoms with van der Waals surface area (Å²) in [5.74, 6) is 0. The average molecular weight is 197 g/mol. The summed E-state index contributed by atoms with van der Waals surface area (Å²) >= 11 is 6.50. The number of H-pyrrole nitrogens is 1. The second kappa shape index (κ2) is 2.97. The second-order valence-corrected chi connectivity index (χ2v) is 4.15. The monoisotopic (exact) mass is 197 g/mol. The Kier molecular flexibility index (Phi) is 1.96. The predicted octanol–water partition coefficient (Wildman–Crippen LogP) is 2.45. The van der Waals surface area contributed by atoms with Crippen molar-refractivity contribution in [1.82, 2.24) is 4.98 Å². The van der Waals surface area contributed by atoms with Crippen molar-refractivity contribution in [2.24, 2.45) is 0 Å². The van der Waals surface area contributed by atoms with Crippen LogP contribution in [0.2, 0.25) is 0 Å². The van der Waals surface area contributed by atoms with Crippen molar-refractivity contribution >= 4 is 33.8 Å². The predicted molar refractivity (Wildman–Crippen MR) is 52.9 cm³/mol. The van der Waals surface area contributed by atoms with Gasteiger partial charge in [-0.25, -0.2) is 0 Å². The molecule has 0 bridgehead atoms. The first kappa shape index (κ1) is 7.91. The maximum absolute atomic E-state index is 9.00. The topological polar surface area (TPSA) is 36.0 Å². The first-order chi connectivity index (χ1) is 5.81. The van der Waals surface area contributed by atoms with Gasteiger partial charge in [0.2, 0.25) is 0 Å². The van der Waals surface area contributed by atoms with Crippen molar-refractivity contribution in [3.63, 3.8) is 0 Å². The van der Waals surface area contributed by atoms with Crippen LogP contribution in [0, 0.1) is 3.95 Å². The lowest BCUT2D eigenvalue weighted by atomic mass is 10.2. The minimum absolute atomic E-state index is 0.0699. The third-order valence-electron chi connectivity index (χ3n) is 1.70. The lowest BCUT2D eigenvalue weighted by Gasteiger charge is -1.95. The molecule has 2 N–H and O–H groups in total. The second-order valence-electron chi connectivity index (χ2n) is 2.47. The number of nitrogens with one attached hydrogen (secondary N) is 1. The molecule has 2 nitrogen and oxygen atoms in total. The van der Waals surface area contributed by atoms with Crippen LogP contribution in [0.4, 0.5) is 0 Å². The van der Waals surface area contributed by atoms with Gasteiger partial charge in [0, 0.05) is 0 Å². The van der Waals surface area contributed by atoms with Crippen molar-refractivity contribution in [3.8, 4) is 0 Å². The number of aliphatic hydroxyl groups excluding tert-OH is 1.